The van der Waals surface area contributed by atoms with Gasteiger partial charge in [0.05, 0.1) is 0 Å². The van der Waals surface area contributed by atoms with Gasteiger partial charge >= 0.3 is 0 Å². The lowest BCUT2D eigenvalue weighted by Crippen LogP contribution is -2.43. The van der Waals surface area contributed by atoms with Crippen molar-refractivity contribution in [1.82, 2.24) is 20.2 Å². The summed E-state index contributed by atoms with van der Waals surface area (Å²) in [6.07, 6.45) is 5.97. The monoisotopic (exact) mass is 487 g/mol. The SMILES string of the molecule is CN=C(NCCCCn1ccnc1C)NCC(C)(C)c1cccc(F)c1.I. The van der Waals surface area contributed by atoms with Crippen LogP contribution in [-0.2, 0) is 12.0 Å². The maximum absolute atomic E-state index is 13.5. The molecule has 5 nitrogen and oxygen atoms in total. The number of aromatic nitrogens is 2. The molecular formula is C20H31FIN5. The van der Waals surface area contributed by atoms with Crippen molar-refractivity contribution >= 4 is 29.9 Å². The molecule has 0 aliphatic carbocycles. The molecule has 0 radical (unpaired) electrons. The van der Waals surface area contributed by atoms with Gasteiger partial charge in [-0.25, -0.2) is 9.37 Å². The Hall–Kier alpha value is -1.64. The minimum absolute atomic E-state index is 0. The van der Waals surface area contributed by atoms with Crippen molar-refractivity contribution in [2.45, 2.75) is 45.6 Å². The number of hydrogen-bond acceptors (Lipinski definition) is 2. The highest BCUT2D eigenvalue weighted by atomic mass is 127. The number of rotatable bonds is 8. The number of aliphatic imine (C=N–C) groups is 1. The molecule has 0 bridgehead atoms. The van der Waals surface area contributed by atoms with E-state index in [1.54, 1.807) is 19.2 Å². The van der Waals surface area contributed by atoms with Gasteiger partial charge in [0.2, 0.25) is 0 Å². The Bertz CT molecular complexity index is 727. The topological polar surface area (TPSA) is 54.2 Å². The third-order valence-electron chi connectivity index (χ3n) is 4.57. The van der Waals surface area contributed by atoms with Crippen LogP contribution >= 0.6 is 24.0 Å². The maximum atomic E-state index is 13.5. The van der Waals surface area contributed by atoms with Crippen molar-refractivity contribution in [3.8, 4) is 0 Å². The van der Waals surface area contributed by atoms with Crippen LogP contribution in [0.15, 0.2) is 41.7 Å². The highest BCUT2D eigenvalue weighted by Crippen LogP contribution is 2.22. The Kier molecular flexibility index (Phi) is 9.76. The van der Waals surface area contributed by atoms with E-state index >= 15 is 0 Å². The summed E-state index contributed by atoms with van der Waals surface area (Å²) >= 11 is 0. The summed E-state index contributed by atoms with van der Waals surface area (Å²) in [6, 6.07) is 6.77. The van der Waals surface area contributed by atoms with E-state index in [1.165, 1.54) is 6.07 Å². The molecule has 0 amide bonds. The first-order chi connectivity index (χ1) is 12.4. The van der Waals surface area contributed by atoms with Gasteiger partial charge < -0.3 is 15.2 Å². The summed E-state index contributed by atoms with van der Waals surface area (Å²) in [5, 5.41) is 6.68. The van der Waals surface area contributed by atoms with Crippen LogP contribution in [0.25, 0.3) is 0 Å². The van der Waals surface area contributed by atoms with Crippen LogP contribution in [0.3, 0.4) is 0 Å². The molecule has 0 saturated carbocycles. The molecule has 2 rings (SSSR count). The van der Waals surface area contributed by atoms with Gasteiger partial charge in [0.15, 0.2) is 5.96 Å². The van der Waals surface area contributed by atoms with E-state index in [4.69, 9.17) is 0 Å². The number of unbranched alkanes of at least 4 members (excludes halogenated alkanes) is 1. The molecule has 7 heteroatoms. The first-order valence-electron chi connectivity index (χ1n) is 9.11. The van der Waals surface area contributed by atoms with Gasteiger partial charge in [-0.05, 0) is 37.5 Å². The zero-order valence-electron chi connectivity index (χ0n) is 16.6. The van der Waals surface area contributed by atoms with E-state index in [9.17, 15) is 4.39 Å². The van der Waals surface area contributed by atoms with Gasteiger partial charge in [-0.15, -0.1) is 24.0 Å². The molecule has 0 saturated heterocycles. The average molecular weight is 487 g/mol. The highest BCUT2D eigenvalue weighted by Gasteiger charge is 2.21. The number of nitrogens with one attached hydrogen (secondary N) is 2. The normalized spacial score (nSPS) is 11.8. The number of guanidine groups is 1. The molecule has 27 heavy (non-hydrogen) atoms. The Balaban J connectivity index is 0.00000364. The molecule has 0 aliphatic rings. The van der Waals surface area contributed by atoms with Crippen LogP contribution in [0.5, 0.6) is 0 Å². The van der Waals surface area contributed by atoms with Gasteiger partial charge in [-0.2, -0.15) is 0 Å². The zero-order valence-corrected chi connectivity index (χ0v) is 19.0. The number of hydrogen-bond donors (Lipinski definition) is 2. The van der Waals surface area contributed by atoms with Gasteiger partial charge in [0.25, 0.3) is 0 Å². The van der Waals surface area contributed by atoms with Crippen LogP contribution in [0.2, 0.25) is 0 Å². The second kappa shape index (κ2) is 11.3. The molecule has 0 spiro atoms. The van der Waals surface area contributed by atoms with E-state index in [2.05, 4.69) is 39.0 Å². The quantitative estimate of drug-likeness (QED) is 0.257. The maximum Gasteiger partial charge on any atom is 0.191 e. The number of nitrogens with zero attached hydrogens (tertiary/aromatic N) is 3. The van der Waals surface area contributed by atoms with Crippen molar-refractivity contribution in [3.05, 3.63) is 53.9 Å². The number of halogens is 2. The fraction of sp³-hybridized carbons (Fsp3) is 0.500. The Morgan fingerprint density at radius 2 is 2.04 bits per heavy atom. The van der Waals surface area contributed by atoms with Crippen molar-refractivity contribution in [2.75, 3.05) is 20.1 Å². The van der Waals surface area contributed by atoms with E-state index in [0.717, 1.165) is 43.3 Å². The van der Waals surface area contributed by atoms with Crippen LogP contribution in [0.1, 0.15) is 38.1 Å². The molecule has 1 aromatic heterocycles. The predicted octanol–water partition coefficient (Wildman–Crippen LogP) is 3.87. The molecule has 1 heterocycles. The summed E-state index contributed by atoms with van der Waals surface area (Å²) in [5.41, 5.74) is 0.773. The van der Waals surface area contributed by atoms with Crippen LogP contribution in [-0.4, -0.2) is 35.6 Å². The van der Waals surface area contributed by atoms with Gasteiger partial charge in [-0.1, -0.05) is 26.0 Å². The third-order valence-corrected chi connectivity index (χ3v) is 4.57. The van der Waals surface area contributed by atoms with Crippen molar-refractivity contribution in [2.24, 2.45) is 4.99 Å². The minimum Gasteiger partial charge on any atom is -0.356 e. The van der Waals surface area contributed by atoms with Crippen LogP contribution in [0.4, 0.5) is 4.39 Å². The largest absolute Gasteiger partial charge is 0.356 e. The molecule has 0 aliphatic heterocycles. The fourth-order valence-corrected chi connectivity index (χ4v) is 2.79. The standard InChI is InChI=1S/C20H30FN5.HI/c1-16-23-11-13-26(16)12-6-5-10-24-19(22-4)25-15-20(2,3)17-8-7-9-18(21)14-17;/h7-9,11,13-14H,5-6,10,12,15H2,1-4H3,(H2,22,24,25);1H. The molecule has 2 aromatic rings. The second-order valence-electron chi connectivity index (χ2n) is 7.12. The summed E-state index contributed by atoms with van der Waals surface area (Å²) in [5.74, 6) is 1.62. The van der Waals surface area contributed by atoms with E-state index in [1.807, 2.05) is 25.4 Å². The van der Waals surface area contributed by atoms with E-state index in [0.29, 0.717) is 6.54 Å². The Morgan fingerprint density at radius 3 is 2.67 bits per heavy atom. The Labute approximate surface area is 178 Å². The molecule has 2 N–H and O–H groups in total. The fourth-order valence-electron chi connectivity index (χ4n) is 2.79. The van der Waals surface area contributed by atoms with Gasteiger partial charge in [0.1, 0.15) is 11.6 Å². The van der Waals surface area contributed by atoms with E-state index in [-0.39, 0.29) is 35.2 Å². The van der Waals surface area contributed by atoms with Gasteiger partial charge in [0, 0.05) is 44.5 Å². The minimum atomic E-state index is -0.203. The van der Waals surface area contributed by atoms with Gasteiger partial charge in [-0.3, -0.25) is 4.99 Å². The van der Waals surface area contributed by atoms with Crippen molar-refractivity contribution in [3.63, 3.8) is 0 Å². The number of imidazole rings is 1. The molecular weight excluding hydrogens is 456 g/mol. The Morgan fingerprint density at radius 1 is 1.26 bits per heavy atom. The molecule has 0 fully saturated rings. The second-order valence-corrected chi connectivity index (χ2v) is 7.12. The molecule has 1 aromatic carbocycles. The summed E-state index contributed by atoms with van der Waals surface area (Å²) < 4.78 is 15.6. The molecule has 0 unspecified atom stereocenters. The molecule has 150 valence electrons. The summed E-state index contributed by atoms with van der Waals surface area (Å²) in [7, 11) is 1.76. The van der Waals surface area contributed by atoms with Crippen molar-refractivity contribution in [1.29, 1.82) is 0 Å². The highest BCUT2D eigenvalue weighted by molar-refractivity contribution is 14.0. The third kappa shape index (κ3) is 7.48. The smallest absolute Gasteiger partial charge is 0.191 e. The van der Waals surface area contributed by atoms with Crippen LogP contribution < -0.4 is 10.6 Å². The average Bonchev–Trinajstić information content (AvgIpc) is 3.02. The summed E-state index contributed by atoms with van der Waals surface area (Å²) in [6.45, 7) is 8.71. The molecule has 0 atom stereocenters. The van der Waals surface area contributed by atoms with Crippen molar-refractivity contribution < 1.29 is 4.39 Å². The first-order valence-corrected chi connectivity index (χ1v) is 9.11. The van der Waals surface area contributed by atoms with Crippen LogP contribution in [0, 0.1) is 12.7 Å². The first kappa shape index (κ1) is 23.4. The lowest BCUT2D eigenvalue weighted by atomic mass is 9.84. The lowest BCUT2D eigenvalue weighted by molar-refractivity contribution is 0.502. The lowest BCUT2D eigenvalue weighted by Gasteiger charge is -2.27. The van der Waals surface area contributed by atoms with E-state index < -0.39 is 0 Å². The number of aryl methyl sites for hydroxylation is 2. The number of benzene rings is 1. The summed E-state index contributed by atoms with van der Waals surface area (Å²) in [4.78, 5) is 8.50. The zero-order chi connectivity index (χ0) is 19.0. The predicted molar refractivity (Wildman–Crippen MR) is 120 cm³/mol.